The highest BCUT2D eigenvalue weighted by atomic mass is 19.4. The first-order chi connectivity index (χ1) is 8.55. The monoisotopic (exact) mass is 255 g/mol. The molecule has 0 saturated heterocycles. The third-order valence-corrected chi connectivity index (χ3v) is 3.26. The van der Waals surface area contributed by atoms with Crippen molar-refractivity contribution in [1.29, 1.82) is 0 Å². The minimum Gasteiger partial charge on any atom is -0.461 e. The van der Waals surface area contributed by atoms with Crippen molar-refractivity contribution in [3.63, 3.8) is 0 Å². The van der Waals surface area contributed by atoms with E-state index in [-0.39, 0.29) is 0 Å². The van der Waals surface area contributed by atoms with Crippen molar-refractivity contribution in [2.45, 2.75) is 25.6 Å². The van der Waals surface area contributed by atoms with Gasteiger partial charge >= 0.3 is 6.18 Å². The summed E-state index contributed by atoms with van der Waals surface area (Å²) < 4.78 is 43.4. The number of aryl methyl sites for hydroxylation is 1. The predicted octanol–water partition coefficient (Wildman–Crippen LogP) is 3.49. The number of furan rings is 1. The third kappa shape index (κ3) is 1.88. The lowest BCUT2D eigenvalue weighted by molar-refractivity contribution is -0.137. The molecule has 0 unspecified atom stereocenters. The van der Waals surface area contributed by atoms with Gasteiger partial charge in [0.25, 0.3) is 0 Å². The molecule has 0 radical (unpaired) electrons. The Morgan fingerprint density at radius 3 is 2.83 bits per heavy atom. The van der Waals surface area contributed by atoms with E-state index in [0.29, 0.717) is 12.1 Å². The van der Waals surface area contributed by atoms with Crippen molar-refractivity contribution in [2.24, 2.45) is 0 Å². The van der Waals surface area contributed by atoms with E-state index in [0.717, 1.165) is 48.2 Å². The Morgan fingerprint density at radius 2 is 2.06 bits per heavy atom. The van der Waals surface area contributed by atoms with E-state index >= 15 is 0 Å². The van der Waals surface area contributed by atoms with Crippen LogP contribution in [0.1, 0.15) is 23.3 Å². The van der Waals surface area contributed by atoms with Gasteiger partial charge < -0.3 is 9.73 Å². The molecule has 0 spiro atoms. The fourth-order valence-corrected chi connectivity index (χ4v) is 2.36. The Bertz CT molecular complexity index is 586. The maximum Gasteiger partial charge on any atom is 0.416 e. The van der Waals surface area contributed by atoms with Crippen LogP contribution in [0.15, 0.2) is 22.6 Å². The van der Waals surface area contributed by atoms with Crippen molar-refractivity contribution in [1.82, 2.24) is 5.32 Å². The Balaban J connectivity index is 2.14. The van der Waals surface area contributed by atoms with Crippen LogP contribution in [0.2, 0.25) is 0 Å². The molecule has 18 heavy (non-hydrogen) atoms. The molecule has 5 heteroatoms. The fraction of sp³-hybridized carbons (Fsp3) is 0.385. The first-order valence-electron chi connectivity index (χ1n) is 5.88. The van der Waals surface area contributed by atoms with Gasteiger partial charge in [0.2, 0.25) is 0 Å². The maximum atomic E-state index is 12.6. The van der Waals surface area contributed by atoms with Crippen LogP contribution in [0.3, 0.4) is 0 Å². The van der Waals surface area contributed by atoms with E-state index in [9.17, 15) is 13.2 Å². The fourth-order valence-electron chi connectivity index (χ4n) is 2.36. The highest BCUT2D eigenvalue weighted by Gasteiger charge is 2.31. The van der Waals surface area contributed by atoms with Gasteiger partial charge in [0.15, 0.2) is 0 Å². The molecule has 1 aliphatic rings. The van der Waals surface area contributed by atoms with Gasteiger partial charge in [0, 0.05) is 23.9 Å². The Morgan fingerprint density at radius 1 is 1.22 bits per heavy atom. The van der Waals surface area contributed by atoms with E-state index in [4.69, 9.17) is 4.42 Å². The number of hydrogen-bond donors (Lipinski definition) is 1. The second-order valence-electron chi connectivity index (χ2n) is 4.49. The van der Waals surface area contributed by atoms with Crippen molar-refractivity contribution < 1.29 is 17.6 Å². The van der Waals surface area contributed by atoms with Gasteiger partial charge in [-0.25, -0.2) is 0 Å². The Labute approximate surface area is 102 Å². The molecule has 0 aliphatic carbocycles. The average Bonchev–Trinajstić information content (AvgIpc) is 2.50. The summed E-state index contributed by atoms with van der Waals surface area (Å²) in [4.78, 5) is 0. The molecular weight excluding hydrogens is 243 g/mol. The normalized spacial score (nSPS) is 16.6. The van der Waals surface area contributed by atoms with Crippen LogP contribution < -0.4 is 5.32 Å². The topological polar surface area (TPSA) is 25.2 Å². The predicted molar refractivity (Wildman–Crippen MR) is 61.2 cm³/mol. The molecule has 2 heterocycles. The van der Waals surface area contributed by atoms with E-state index in [1.54, 1.807) is 0 Å². The van der Waals surface area contributed by atoms with Gasteiger partial charge in [-0.15, -0.1) is 0 Å². The van der Waals surface area contributed by atoms with Gasteiger partial charge in [-0.2, -0.15) is 13.2 Å². The second kappa shape index (κ2) is 4.02. The molecule has 96 valence electrons. The zero-order valence-corrected chi connectivity index (χ0v) is 9.60. The highest BCUT2D eigenvalue weighted by molar-refractivity contribution is 5.83. The lowest BCUT2D eigenvalue weighted by Crippen LogP contribution is -2.12. The molecule has 2 nitrogen and oxygen atoms in total. The summed E-state index contributed by atoms with van der Waals surface area (Å²) in [5.41, 5.74) is 0.668. The molecule has 1 N–H and O–H groups in total. The number of hydrogen-bond acceptors (Lipinski definition) is 2. The van der Waals surface area contributed by atoms with Gasteiger partial charge in [-0.3, -0.25) is 0 Å². The first-order valence-corrected chi connectivity index (χ1v) is 5.88. The summed E-state index contributed by atoms with van der Waals surface area (Å²) in [6.07, 6.45) is -2.60. The number of halogens is 3. The lowest BCUT2D eigenvalue weighted by Gasteiger charge is -2.05. The van der Waals surface area contributed by atoms with Gasteiger partial charge in [-0.05, 0) is 25.1 Å². The quantitative estimate of drug-likeness (QED) is 0.779. The van der Waals surface area contributed by atoms with Gasteiger partial charge in [0.05, 0.1) is 5.56 Å². The highest BCUT2D eigenvalue weighted by Crippen LogP contribution is 2.34. The minimum absolute atomic E-state index is 0.332. The number of nitrogens with one attached hydrogen (secondary N) is 1. The number of fused-ring (bicyclic) bond motifs is 3. The maximum absolute atomic E-state index is 12.6. The molecule has 1 aromatic carbocycles. The summed E-state index contributed by atoms with van der Waals surface area (Å²) in [5.74, 6) is 0.814. The Kier molecular flexibility index (Phi) is 2.59. The summed E-state index contributed by atoms with van der Waals surface area (Å²) in [6, 6.07) is 3.71. The van der Waals surface area contributed by atoms with Crippen molar-refractivity contribution in [3.8, 4) is 0 Å². The van der Waals surface area contributed by atoms with Crippen molar-refractivity contribution in [3.05, 3.63) is 35.1 Å². The summed E-state index contributed by atoms with van der Waals surface area (Å²) in [6.45, 7) is 1.57. The lowest BCUT2D eigenvalue weighted by atomic mass is 10.1. The molecule has 0 amide bonds. The summed E-state index contributed by atoms with van der Waals surface area (Å²) in [7, 11) is 0. The van der Waals surface area contributed by atoms with Crippen LogP contribution in [0, 0.1) is 0 Å². The molecule has 0 fully saturated rings. The zero-order valence-electron chi connectivity index (χ0n) is 9.60. The largest absolute Gasteiger partial charge is 0.461 e. The first kappa shape index (κ1) is 11.6. The van der Waals surface area contributed by atoms with Crippen LogP contribution >= 0.6 is 0 Å². The molecule has 1 aliphatic heterocycles. The molecule has 2 aromatic rings. The van der Waals surface area contributed by atoms with E-state index in [1.807, 2.05) is 0 Å². The molecule has 0 bridgehead atoms. The standard InChI is InChI=1S/C13H12F3NO/c14-13(15,16)8-3-4-9-10-7-17-5-1-2-11(10)18-12(9)6-8/h3-4,6,17H,1-2,5,7H2. The SMILES string of the molecule is FC(F)(F)c1ccc2c3c(oc2c1)CCCNC3. The van der Waals surface area contributed by atoms with E-state index in [1.165, 1.54) is 6.07 Å². The van der Waals surface area contributed by atoms with E-state index < -0.39 is 11.7 Å². The van der Waals surface area contributed by atoms with Crippen LogP contribution in [0.4, 0.5) is 13.2 Å². The minimum atomic E-state index is -4.32. The van der Waals surface area contributed by atoms with Crippen molar-refractivity contribution >= 4 is 11.0 Å². The van der Waals surface area contributed by atoms with Crippen LogP contribution in [0.25, 0.3) is 11.0 Å². The molecule has 3 rings (SSSR count). The molecular formula is C13H12F3NO. The Hall–Kier alpha value is -1.49. The number of benzene rings is 1. The molecule has 0 saturated carbocycles. The zero-order chi connectivity index (χ0) is 12.8. The smallest absolute Gasteiger partial charge is 0.416 e. The van der Waals surface area contributed by atoms with E-state index in [2.05, 4.69) is 5.32 Å². The summed E-state index contributed by atoms with van der Waals surface area (Å²) in [5, 5.41) is 4.03. The van der Waals surface area contributed by atoms with Crippen LogP contribution in [0.5, 0.6) is 0 Å². The van der Waals surface area contributed by atoms with Crippen LogP contribution in [-0.2, 0) is 19.1 Å². The second-order valence-corrected chi connectivity index (χ2v) is 4.49. The van der Waals surface area contributed by atoms with Gasteiger partial charge in [-0.1, -0.05) is 6.07 Å². The van der Waals surface area contributed by atoms with Gasteiger partial charge in [0.1, 0.15) is 11.3 Å². The number of alkyl halides is 3. The summed E-state index contributed by atoms with van der Waals surface area (Å²) >= 11 is 0. The van der Waals surface area contributed by atoms with Crippen LogP contribution in [-0.4, -0.2) is 6.54 Å². The molecule has 0 atom stereocenters. The molecule has 1 aromatic heterocycles. The van der Waals surface area contributed by atoms with Crippen molar-refractivity contribution in [2.75, 3.05) is 6.54 Å². The average molecular weight is 255 g/mol. The number of rotatable bonds is 0. The third-order valence-electron chi connectivity index (χ3n) is 3.26.